The van der Waals surface area contributed by atoms with Crippen LogP contribution in [-0.4, -0.2) is 49.9 Å². The maximum absolute atomic E-state index is 12.4. The molecule has 7 heteroatoms. The zero-order valence-electron chi connectivity index (χ0n) is 14.4. The number of amides is 1. The van der Waals surface area contributed by atoms with Crippen molar-refractivity contribution in [3.63, 3.8) is 0 Å². The molecule has 0 spiro atoms. The summed E-state index contributed by atoms with van der Waals surface area (Å²) < 4.78 is 1.70. The number of piperidine rings is 1. The number of tetrazole rings is 1. The van der Waals surface area contributed by atoms with Crippen LogP contribution in [0.5, 0.6) is 0 Å². The van der Waals surface area contributed by atoms with Gasteiger partial charge in [0.2, 0.25) is 11.1 Å². The number of carbonyl (C=O) groups excluding carboxylic acids is 1. The van der Waals surface area contributed by atoms with Gasteiger partial charge < -0.3 is 4.90 Å². The highest BCUT2D eigenvalue weighted by atomic mass is 32.2. The maximum atomic E-state index is 12.4. The fraction of sp³-hybridized carbons (Fsp3) is 0.529. The second-order valence-corrected chi connectivity index (χ2v) is 7.44. The standard InChI is InChI=1S/C17H23N5OS/c1-12-6-8-21(9-7-12)16(23)11-24-17-18-19-20-22(17)15-5-4-13(2)14(3)10-15/h4-5,10,12H,6-9,11H2,1-3H3. The van der Waals surface area contributed by atoms with E-state index in [0.717, 1.165) is 37.5 Å². The number of thioether (sulfide) groups is 1. The van der Waals surface area contributed by atoms with Crippen LogP contribution >= 0.6 is 11.8 Å². The minimum Gasteiger partial charge on any atom is -0.342 e. The first-order valence-electron chi connectivity index (χ1n) is 8.31. The third-order valence-corrected chi connectivity index (χ3v) is 5.54. The molecular weight excluding hydrogens is 322 g/mol. The highest BCUT2D eigenvalue weighted by Gasteiger charge is 2.21. The molecule has 128 valence electrons. The SMILES string of the molecule is Cc1ccc(-n2nnnc2SCC(=O)N2CCC(C)CC2)cc1C. The highest BCUT2D eigenvalue weighted by Crippen LogP contribution is 2.22. The molecule has 1 aliphatic heterocycles. The quantitative estimate of drug-likeness (QED) is 0.797. The lowest BCUT2D eigenvalue weighted by atomic mass is 9.99. The molecule has 1 aromatic carbocycles. The van der Waals surface area contributed by atoms with E-state index >= 15 is 0 Å². The van der Waals surface area contributed by atoms with Crippen molar-refractivity contribution in [2.45, 2.75) is 38.8 Å². The lowest BCUT2D eigenvalue weighted by Gasteiger charge is -2.30. The molecular formula is C17H23N5OS. The first-order chi connectivity index (χ1) is 11.5. The monoisotopic (exact) mass is 345 g/mol. The Hall–Kier alpha value is -1.89. The molecule has 0 atom stereocenters. The Morgan fingerprint density at radius 2 is 2.00 bits per heavy atom. The van der Waals surface area contributed by atoms with Gasteiger partial charge in [0, 0.05) is 13.1 Å². The summed E-state index contributed by atoms with van der Waals surface area (Å²) in [5.74, 6) is 1.26. The van der Waals surface area contributed by atoms with Gasteiger partial charge in [0.1, 0.15) is 0 Å². The van der Waals surface area contributed by atoms with Crippen LogP contribution in [0.15, 0.2) is 23.4 Å². The predicted molar refractivity (Wildman–Crippen MR) is 94.3 cm³/mol. The molecule has 0 radical (unpaired) electrons. The van der Waals surface area contributed by atoms with E-state index in [1.54, 1.807) is 4.68 Å². The molecule has 24 heavy (non-hydrogen) atoms. The van der Waals surface area contributed by atoms with Crippen molar-refractivity contribution < 1.29 is 4.79 Å². The summed E-state index contributed by atoms with van der Waals surface area (Å²) in [5, 5.41) is 12.6. The molecule has 6 nitrogen and oxygen atoms in total. The van der Waals surface area contributed by atoms with E-state index in [0.29, 0.717) is 10.9 Å². The molecule has 0 bridgehead atoms. The molecule has 1 fully saturated rings. The van der Waals surface area contributed by atoms with Crippen molar-refractivity contribution in [1.82, 2.24) is 25.1 Å². The average Bonchev–Trinajstić information content (AvgIpc) is 3.04. The molecule has 0 N–H and O–H groups in total. The molecule has 0 aliphatic carbocycles. The number of nitrogens with zero attached hydrogens (tertiary/aromatic N) is 5. The van der Waals surface area contributed by atoms with E-state index in [9.17, 15) is 4.79 Å². The summed E-state index contributed by atoms with van der Waals surface area (Å²) in [7, 11) is 0. The molecule has 2 heterocycles. The van der Waals surface area contributed by atoms with E-state index in [1.807, 2.05) is 11.0 Å². The van der Waals surface area contributed by atoms with Crippen LogP contribution < -0.4 is 0 Å². The second-order valence-electron chi connectivity index (χ2n) is 6.49. The van der Waals surface area contributed by atoms with Crippen molar-refractivity contribution in [2.75, 3.05) is 18.8 Å². The van der Waals surface area contributed by atoms with Crippen molar-refractivity contribution in [3.8, 4) is 5.69 Å². The predicted octanol–water partition coefficient (Wildman–Crippen LogP) is 2.63. The number of benzene rings is 1. The molecule has 1 aliphatic rings. The normalized spacial score (nSPS) is 15.7. The molecule has 0 unspecified atom stereocenters. The Kier molecular flexibility index (Phi) is 5.18. The number of hydrogen-bond acceptors (Lipinski definition) is 5. The maximum Gasteiger partial charge on any atom is 0.233 e. The van der Waals surface area contributed by atoms with Crippen LogP contribution in [0.25, 0.3) is 5.69 Å². The number of rotatable bonds is 4. The molecule has 2 aromatic rings. The minimum atomic E-state index is 0.168. The zero-order valence-corrected chi connectivity index (χ0v) is 15.2. The van der Waals surface area contributed by atoms with Crippen LogP contribution in [0.4, 0.5) is 0 Å². The number of hydrogen-bond donors (Lipinski definition) is 0. The van der Waals surface area contributed by atoms with Gasteiger partial charge in [0.15, 0.2) is 0 Å². The minimum absolute atomic E-state index is 0.168. The molecule has 0 saturated carbocycles. The van der Waals surface area contributed by atoms with E-state index in [2.05, 4.69) is 48.4 Å². The van der Waals surface area contributed by atoms with Crippen LogP contribution in [0.2, 0.25) is 0 Å². The van der Waals surface area contributed by atoms with Crippen molar-refractivity contribution >= 4 is 17.7 Å². The van der Waals surface area contributed by atoms with Gasteiger partial charge in [0.25, 0.3) is 0 Å². The van der Waals surface area contributed by atoms with Crippen LogP contribution in [-0.2, 0) is 4.79 Å². The van der Waals surface area contributed by atoms with E-state index in [-0.39, 0.29) is 5.91 Å². The molecule has 1 aromatic heterocycles. The van der Waals surface area contributed by atoms with Gasteiger partial charge in [0.05, 0.1) is 11.4 Å². The fourth-order valence-corrected chi connectivity index (χ4v) is 3.56. The average molecular weight is 345 g/mol. The summed E-state index contributed by atoms with van der Waals surface area (Å²) >= 11 is 1.40. The zero-order chi connectivity index (χ0) is 17.1. The Balaban J connectivity index is 1.65. The van der Waals surface area contributed by atoms with Gasteiger partial charge in [-0.25, -0.2) is 0 Å². The van der Waals surface area contributed by atoms with Gasteiger partial charge >= 0.3 is 0 Å². The van der Waals surface area contributed by atoms with Crippen molar-refractivity contribution in [1.29, 1.82) is 0 Å². The first-order valence-corrected chi connectivity index (χ1v) is 9.29. The van der Waals surface area contributed by atoms with Crippen LogP contribution in [0.1, 0.15) is 30.9 Å². The number of likely N-dealkylation sites (tertiary alicyclic amines) is 1. The Bertz CT molecular complexity index is 722. The van der Waals surface area contributed by atoms with Crippen molar-refractivity contribution in [3.05, 3.63) is 29.3 Å². The summed E-state index contributed by atoms with van der Waals surface area (Å²) in [5.41, 5.74) is 3.35. The summed E-state index contributed by atoms with van der Waals surface area (Å²) in [6.45, 7) is 8.11. The van der Waals surface area contributed by atoms with Crippen LogP contribution in [0, 0.1) is 19.8 Å². The van der Waals surface area contributed by atoms with E-state index < -0.39 is 0 Å². The summed E-state index contributed by atoms with van der Waals surface area (Å²) in [6, 6.07) is 6.11. The molecule has 1 saturated heterocycles. The number of aromatic nitrogens is 4. The van der Waals surface area contributed by atoms with Gasteiger partial charge in [-0.15, -0.1) is 5.10 Å². The van der Waals surface area contributed by atoms with Crippen LogP contribution in [0.3, 0.4) is 0 Å². The highest BCUT2D eigenvalue weighted by molar-refractivity contribution is 7.99. The summed E-state index contributed by atoms with van der Waals surface area (Å²) in [4.78, 5) is 14.3. The lowest BCUT2D eigenvalue weighted by Crippen LogP contribution is -2.38. The smallest absolute Gasteiger partial charge is 0.233 e. The van der Waals surface area contributed by atoms with Gasteiger partial charge in [-0.2, -0.15) is 4.68 Å². The van der Waals surface area contributed by atoms with E-state index in [4.69, 9.17) is 0 Å². The second kappa shape index (κ2) is 7.34. The third kappa shape index (κ3) is 3.77. The molecule has 3 rings (SSSR count). The first kappa shape index (κ1) is 17.0. The fourth-order valence-electron chi connectivity index (χ4n) is 2.76. The van der Waals surface area contributed by atoms with E-state index in [1.165, 1.54) is 22.9 Å². The topological polar surface area (TPSA) is 63.9 Å². The Labute approximate surface area is 146 Å². The van der Waals surface area contributed by atoms with Gasteiger partial charge in [-0.3, -0.25) is 4.79 Å². The van der Waals surface area contributed by atoms with Gasteiger partial charge in [-0.1, -0.05) is 24.8 Å². The molecule has 1 amide bonds. The Morgan fingerprint density at radius 1 is 1.25 bits per heavy atom. The largest absolute Gasteiger partial charge is 0.342 e. The number of aryl methyl sites for hydroxylation is 2. The lowest BCUT2D eigenvalue weighted by molar-refractivity contribution is -0.129. The number of carbonyl (C=O) groups is 1. The summed E-state index contributed by atoms with van der Waals surface area (Å²) in [6.07, 6.45) is 2.19. The van der Waals surface area contributed by atoms with Gasteiger partial charge in [-0.05, 0) is 66.3 Å². The van der Waals surface area contributed by atoms with Crippen molar-refractivity contribution in [2.24, 2.45) is 5.92 Å². The Morgan fingerprint density at radius 3 is 2.71 bits per heavy atom. The third-order valence-electron chi connectivity index (χ3n) is 4.64.